The van der Waals surface area contributed by atoms with Gasteiger partial charge in [-0.25, -0.2) is 4.98 Å². The molecule has 0 bridgehead atoms. The van der Waals surface area contributed by atoms with Crippen LogP contribution in [0.25, 0.3) is 0 Å². The molecule has 1 aromatic carbocycles. The van der Waals surface area contributed by atoms with E-state index in [1.807, 2.05) is 6.07 Å². The third-order valence-electron chi connectivity index (χ3n) is 2.63. The minimum absolute atomic E-state index is 0.0178. The summed E-state index contributed by atoms with van der Waals surface area (Å²) >= 11 is 5.95. The number of nitrogen functional groups attached to an aromatic ring is 1. The fourth-order valence-corrected chi connectivity index (χ4v) is 1.91. The largest absolute Gasteiger partial charge is 0.399 e. The number of carbonyl (C=O) groups excluding carboxylic acids is 1. The molecule has 0 aliphatic rings. The highest BCUT2D eigenvalue weighted by molar-refractivity contribution is 6.34. The number of halogens is 1. The molecule has 0 spiro atoms. The van der Waals surface area contributed by atoms with Crippen LogP contribution in [0.5, 0.6) is 0 Å². The normalized spacial score (nSPS) is 9.67. The van der Waals surface area contributed by atoms with Gasteiger partial charge in [-0.05, 0) is 18.2 Å². The van der Waals surface area contributed by atoms with Crippen molar-refractivity contribution in [3.63, 3.8) is 0 Å². The van der Waals surface area contributed by atoms with Crippen LogP contribution in [0.3, 0.4) is 0 Å². The van der Waals surface area contributed by atoms with Crippen molar-refractivity contribution in [2.75, 3.05) is 11.1 Å². The first-order valence-corrected chi connectivity index (χ1v) is 6.13. The highest BCUT2D eigenvalue weighted by atomic mass is 35.5. The second-order valence-corrected chi connectivity index (χ2v) is 4.49. The van der Waals surface area contributed by atoms with Crippen LogP contribution in [0.1, 0.15) is 11.4 Å². The number of nitrogens with one attached hydrogen (secondary N) is 1. The predicted molar refractivity (Wildman–Crippen MR) is 76.2 cm³/mol. The van der Waals surface area contributed by atoms with Gasteiger partial charge >= 0.3 is 0 Å². The lowest BCUT2D eigenvalue weighted by Gasteiger charge is -2.08. The van der Waals surface area contributed by atoms with Crippen molar-refractivity contribution in [3.8, 4) is 12.1 Å². The summed E-state index contributed by atoms with van der Waals surface area (Å²) in [5.74, 6) is -0.403. The molecule has 3 N–H and O–H groups in total. The van der Waals surface area contributed by atoms with Crippen LogP contribution in [0.4, 0.5) is 11.4 Å². The number of hydrogen-bond acceptors (Lipinski definition) is 5. The van der Waals surface area contributed by atoms with Gasteiger partial charge < -0.3 is 15.6 Å². The third-order valence-corrected chi connectivity index (χ3v) is 2.94. The molecule has 104 valence electrons. The summed E-state index contributed by atoms with van der Waals surface area (Å²) in [6, 6.07) is 8.32. The monoisotopic (exact) mass is 300 g/mol. The van der Waals surface area contributed by atoms with E-state index in [0.29, 0.717) is 16.4 Å². The summed E-state index contributed by atoms with van der Waals surface area (Å²) in [5, 5.41) is 20.7. The molecule has 0 saturated heterocycles. The summed E-state index contributed by atoms with van der Waals surface area (Å²) in [6.45, 7) is -0.154. The molecule has 0 unspecified atom stereocenters. The Balaban J connectivity index is 2.14. The molecule has 7 nitrogen and oxygen atoms in total. The van der Waals surface area contributed by atoms with Crippen molar-refractivity contribution in [2.24, 2.45) is 0 Å². The number of nitriles is 2. The second kappa shape index (κ2) is 5.95. The number of benzene rings is 1. The number of imidazole rings is 1. The summed E-state index contributed by atoms with van der Waals surface area (Å²) < 4.78 is 1.29. The van der Waals surface area contributed by atoms with Crippen molar-refractivity contribution in [1.82, 2.24) is 9.55 Å². The van der Waals surface area contributed by atoms with Crippen LogP contribution in [0.2, 0.25) is 5.02 Å². The zero-order chi connectivity index (χ0) is 15.4. The number of nitrogens with zero attached hydrogens (tertiary/aromatic N) is 4. The Morgan fingerprint density at radius 1 is 1.43 bits per heavy atom. The molecule has 1 aromatic heterocycles. The minimum Gasteiger partial charge on any atom is -0.399 e. The first-order chi connectivity index (χ1) is 10.0. The lowest BCUT2D eigenvalue weighted by Crippen LogP contribution is -2.19. The molecule has 21 heavy (non-hydrogen) atoms. The standard InChI is InChI=1S/C13H9ClN6O/c14-9-3-8(17)1-2-10(9)19-13(21)6-20-7-18-11(4-15)12(20)5-16/h1-3,7H,6,17H2,(H,19,21). The van der Waals surface area contributed by atoms with Crippen LogP contribution in [-0.4, -0.2) is 15.5 Å². The van der Waals surface area contributed by atoms with Gasteiger partial charge in [0.25, 0.3) is 0 Å². The summed E-state index contributed by atoms with van der Waals surface area (Å²) in [6.07, 6.45) is 1.27. The van der Waals surface area contributed by atoms with E-state index >= 15 is 0 Å². The SMILES string of the molecule is N#Cc1ncn(CC(=O)Nc2ccc(N)cc2Cl)c1C#N. The van der Waals surface area contributed by atoms with Gasteiger partial charge in [-0.15, -0.1) is 0 Å². The topological polar surface area (TPSA) is 121 Å². The Morgan fingerprint density at radius 3 is 2.81 bits per heavy atom. The number of amides is 1. The molecule has 2 aromatic rings. The van der Waals surface area contributed by atoms with E-state index in [4.69, 9.17) is 27.9 Å². The van der Waals surface area contributed by atoms with Gasteiger partial charge in [-0.2, -0.15) is 10.5 Å². The van der Waals surface area contributed by atoms with Crippen LogP contribution >= 0.6 is 11.6 Å². The van der Waals surface area contributed by atoms with Crippen LogP contribution in [0.15, 0.2) is 24.5 Å². The van der Waals surface area contributed by atoms with Gasteiger partial charge in [-0.1, -0.05) is 11.6 Å². The van der Waals surface area contributed by atoms with Crippen molar-refractivity contribution in [3.05, 3.63) is 40.9 Å². The third kappa shape index (κ3) is 3.11. The van der Waals surface area contributed by atoms with E-state index in [2.05, 4.69) is 10.3 Å². The summed E-state index contributed by atoms with van der Waals surface area (Å²) in [4.78, 5) is 15.7. The minimum atomic E-state index is -0.403. The van der Waals surface area contributed by atoms with Crippen LogP contribution in [-0.2, 0) is 11.3 Å². The molecule has 0 aliphatic carbocycles. The predicted octanol–water partition coefficient (Wildman–Crippen LogP) is 1.50. The van der Waals surface area contributed by atoms with Crippen molar-refractivity contribution < 1.29 is 4.79 Å². The average Bonchev–Trinajstić information content (AvgIpc) is 2.83. The lowest BCUT2D eigenvalue weighted by molar-refractivity contribution is -0.116. The number of hydrogen-bond donors (Lipinski definition) is 2. The van der Waals surface area contributed by atoms with Gasteiger partial charge in [0.05, 0.1) is 17.0 Å². The van der Waals surface area contributed by atoms with E-state index in [9.17, 15) is 4.79 Å². The smallest absolute Gasteiger partial charge is 0.244 e. The van der Waals surface area contributed by atoms with E-state index in [1.54, 1.807) is 18.2 Å². The Kier molecular flexibility index (Phi) is 4.07. The Labute approximate surface area is 125 Å². The first kappa shape index (κ1) is 14.4. The van der Waals surface area contributed by atoms with Crippen molar-refractivity contribution >= 4 is 28.9 Å². The zero-order valence-electron chi connectivity index (χ0n) is 10.7. The molecule has 0 fully saturated rings. The number of anilines is 2. The number of carbonyl (C=O) groups is 1. The maximum absolute atomic E-state index is 11.9. The Hall–Kier alpha value is -3.03. The van der Waals surface area contributed by atoms with E-state index in [0.717, 1.165) is 0 Å². The molecule has 2 rings (SSSR count). The van der Waals surface area contributed by atoms with Gasteiger partial charge in [0, 0.05) is 5.69 Å². The summed E-state index contributed by atoms with van der Waals surface area (Å²) in [7, 11) is 0. The van der Waals surface area contributed by atoms with E-state index < -0.39 is 5.91 Å². The maximum Gasteiger partial charge on any atom is 0.244 e. The molecular formula is C13H9ClN6O. The molecule has 0 saturated carbocycles. The van der Waals surface area contributed by atoms with E-state index in [1.165, 1.54) is 17.0 Å². The van der Waals surface area contributed by atoms with Crippen molar-refractivity contribution in [2.45, 2.75) is 6.54 Å². The second-order valence-electron chi connectivity index (χ2n) is 4.08. The molecule has 0 radical (unpaired) electrons. The van der Waals surface area contributed by atoms with Gasteiger partial charge in [0.15, 0.2) is 11.4 Å². The Morgan fingerprint density at radius 2 is 2.19 bits per heavy atom. The lowest BCUT2D eigenvalue weighted by atomic mass is 10.3. The van der Waals surface area contributed by atoms with Crippen LogP contribution in [0, 0.1) is 22.7 Å². The molecule has 8 heteroatoms. The molecule has 1 heterocycles. The highest BCUT2D eigenvalue weighted by Gasteiger charge is 2.13. The summed E-state index contributed by atoms with van der Waals surface area (Å²) in [5.41, 5.74) is 6.48. The quantitative estimate of drug-likeness (QED) is 0.832. The number of nitrogens with two attached hydrogens (primary N) is 1. The Bertz CT molecular complexity index is 783. The molecule has 0 aliphatic heterocycles. The van der Waals surface area contributed by atoms with Gasteiger partial charge in [0.2, 0.25) is 5.91 Å². The van der Waals surface area contributed by atoms with Gasteiger partial charge in [-0.3, -0.25) is 4.79 Å². The number of rotatable bonds is 3. The fourth-order valence-electron chi connectivity index (χ4n) is 1.68. The first-order valence-electron chi connectivity index (χ1n) is 5.75. The molecule has 0 atom stereocenters. The van der Waals surface area contributed by atoms with E-state index in [-0.39, 0.29) is 17.9 Å². The number of aromatic nitrogens is 2. The maximum atomic E-state index is 11.9. The van der Waals surface area contributed by atoms with Gasteiger partial charge in [0.1, 0.15) is 18.7 Å². The average molecular weight is 301 g/mol. The zero-order valence-corrected chi connectivity index (χ0v) is 11.4. The molecule has 1 amide bonds. The fraction of sp³-hybridized carbons (Fsp3) is 0.0769. The van der Waals surface area contributed by atoms with Crippen LogP contribution < -0.4 is 11.1 Å². The highest BCUT2D eigenvalue weighted by Crippen LogP contribution is 2.24. The molecular weight excluding hydrogens is 292 g/mol. The van der Waals surface area contributed by atoms with Crippen molar-refractivity contribution in [1.29, 1.82) is 10.5 Å².